The number of amides is 1. The molecule has 226 valence electrons. The van der Waals surface area contributed by atoms with Gasteiger partial charge < -0.3 is 20.7 Å². The predicted molar refractivity (Wildman–Crippen MR) is 169 cm³/mol. The van der Waals surface area contributed by atoms with Crippen molar-refractivity contribution in [3.63, 3.8) is 0 Å². The molecule has 4 heterocycles. The van der Waals surface area contributed by atoms with Crippen LogP contribution >= 0.6 is 11.3 Å². The summed E-state index contributed by atoms with van der Waals surface area (Å²) in [5.74, 6) is 1.02. The molecule has 10 heteroatoms. The van der Waals surface area contributed by atoms with Crippen LogP contribution in [0.4, 0.5) is 9.39 Å². The molecule has 2 fully saturated rings. The Labute approximate surface area is 256 Å². The summed E-state index contributed by atoms with van der Waals surface area (Å²) >= 11 is 1.11. The summed E-state index contributed by atoms with van der Waals surface area (Å²) in [4.78, 5) is 22.5. The smallest absolute Gasteiger partial charge is 0.244 e. The fourth-order valence-electron chi connectivity index (χ4n) is 6.83. The normalized spacial score (nSPS) is 22.8. The van der Waals surface area contributed by atoms with E-state index in [1.165, 1.54) is 6.07 Å². The van der Waals surface area contributed by atoms with Gasteiger partial charge in [0.15, 0.2) is 0 Å². The number of benzene rings is 2. The number of piperidine rings is 1. The number of hydrogen-bond acceptors (Lipinski definition) is 7. The van der Waals surface area contributed by atoms with Gasteiger partial charge in [0, 0.05) is 37.1 Å². The van der Waals surface area contributed by atoms with Crippen molar-refractivity contribution < 1.29 is 13.9 Å². The number of carbonyl (C=O) groups excluding carboxylic acids is 1. The van der Waals surface area contributed by atoms with Crippen LogP contribution in [0.2, 0.25) is 0 Å². The Kier molecular flexibility index (Phi) is 8.16. The maximum absolute atomic E-state index is 14.9. The van der Waals surface area contributed by atoms with Crippen LogP contribution in [0.1, 0.15) is 67.9 Å². The summed E-state index contributed by atoms with van der Waals surface area (Å²) in [7, 11) is 1.85. The van der Waals surface area contributed by atoms with Gasteiger partial charge >= 0.3 is 0 Å². The third-order valence-electron chi connectivity index (χ3n) is 9.61. The van der Waals surface area contributed by atoms with E-state index in [1.807, 2.05) is 7.05 Å². The van der Waals surface area contributed by atoms with Crippen LogP contribution in [0.25, 0.3) is 21.2 Å². The van der Waals surface area contributed by atoms with Crippen molar-refractivity contribution in [3.8, 4) is 17.2 Å². The second-order valence-corrected chi connectivity index (χ2v) is 13.1. The molecule has 0 radical (unpaired) electrons. The van der Waals surface area contributed by atoms with Crippen molar-refractivity contribution in [3.05, 3.63) is 51.8 Å². The molecule has 2 saturated heterocycles. The lowest BCUT2D eigenvalue weighted by atomic mass is 9.85. The van der Waals surface area contributed by atoms with E-state index >= 15 is 0 Å². The van der Waals surface area contributed by atoms with Crippen molar-refractivity contribution in [2.45, 2.75) is 71.8 Å². The summed E-state index contributed by atoms with van der Waals surface area (Å²) in [6.45, 7) is 9.73. The summed E-state index contributed by atoms with van der Waals surface area (Å²) < 4.78 is 21.4. The fraction of sp³-hybridized carbons (Fsp3) is 0.485. The minimum Gasteiger partial charge on any atom is -0.389 e. The van der Waals surface area contributed by atoms with Gasteiger partial charge in [-0.2, -0.15) is 5.26 Å². The van der Waals surface area contributed by atoms with Crippen molar-refractivity contribution in [1.82, 2.24) is 15.1 Å². The fourth-order valence-corrected chi connectivity index (χ4v) is 7.78. The monoisotopic (exact) mass is 602 g/mol. The number of likely N-dealkylation sites (tertiary alicyclic amines) is 2. The molecule has 3 aromatic rings. The number of thiophene rings is 1. The number of nitriles is 1. The number of halogens is 1. The molecule has 1 amide bonds. The summed E-state index contributed by atoms with van der Waals surface area (Å²) in [6.07, 6.45) is 3.53. The molecule has 0 aliphatic carbocycles. The van der Waals surface area contributed by atoms with E-state index in [-0.39, 0.29) is 17.8 Å². The van der Waals surface area contributed by atoms with Gasteiger partial charge in [-0.1, -0.05) is 19.9 Å². The zero-order valence-electron chi connectivity index (χ0n) is 25.3. The van der Waals surface area contributed by atoms with Gasteiger partial charge in [-0.25, -0.2) is 4.39 Å². The Bertz CT molecular complexity index is 1660. The standard InChI is InChI=1S/C33H39FN6O2S/c1-5-20-13-22(32(37-17-40-12-10-18(2)19(40)3)38-27-7-6-11-39(4)33(27)41)24-15-42-16-25(24)28(20)21-8-9-26(34)30-29(21)23(14-35)31(36)43-30/h8-9,13,18-19,27H,5-7,10-12,15-17,36H2,1-4H3,(H,37,38). The molecule has 3 atom stereocenters. The molecule has 2 aromatic carbocycles. The van der Waals surface area contributed by atoms with Crippen LogP contribution in [-0.4, -0.2) is 60.4 Å². The first-order valence-corrected chi connectivity index (χ1v) is 16.0. The summed E-state index contributed by atoms with van der Waals surface area (Å²) in [5, 5.41) is 14.4. The minimum atomic E-state index is -0.384. The zero-order chi connectivity index (χ0) is 30.4. The van der Waals surface area contributed by atoms with E-state index in [0.717, 1.165) is 77.1 Å². The Hall–Kier alpha value is -3.52. The number of anilines is 1. The number of aliphatic imine (C=N–C) groups is 1. The number of nitrogens with one attached hydrogen (secondary N) is 1. The first kappa shape index (κ1) is 29.5. The number of carbonyl (C=O) groups is 1. The maximum atomic E-state index is 14.9. The molecule has 0 spiro atoms. The molecule has 0 bridgehead atoms. The number of nitrogen functional groups attached to an aromatic ring is 1. The maximum Gasteiger partial charge on any atom is 0.244 e. The molecule has 3 aliphatic heterocycles. The number of fused-ring (bicyclic) bond motifs is 2. The molecule has 43 heavy (non-hydrogen) atoms. The third kappa shape index (κ3) is 5.17. The number of nitrogens with zero attached hydrogens (tertiary/aromatic N) is 4. The molecule has 3 unspecified atom stereocenters. The van der Waals surface area contributed by atoms with E-state index < -0.39 is 0 Å². The lowest BCUT2D eigenvalue weighted by Crippen LogP contribution is -2.51. The Morgan fingerprint density at radius 2 is 2.05 bits per heavy atom. The molecule has 1 aromatic heterocycles. The Morgan fingerprint density at radius 1 is 1.26 bits per heavy atom. The van der Waals surface area contributed by atoms with Crippen LogP contribution in [0.5, 0.6) is 0 Å². The van der Waals surface area contributed by atoms with E-state index in [1.54, 1.807) is 11.0 Å². The van der Waals surface area contributed by atoms with Gasteiger partial charge in [-0.05, 0) is 78.5 Å². The minimum absolute atomic E-state index is 0.0788. The van der Waals surface area contributed by atoms with Gasteiger partial charge in [0.05, 0.1) is 30.1 Å². The van der Waals surface area contributed by atoms with Crippen molar-refractivity contribution in [1.29, 1.82) is 5.26 Å². The first-order valence-electron chi connectivity index (χ1n) is 15.2. The van der Waals surface area contributed by atoms with Crippen LogP contribution in [0.3, 0.4) is 0 Å². The number of likely N-dealkylation sites (N-methyl/N-ethyl adjacent to an activating group) is 1. The molecule has 3 N–H and O–H groups in total. The van der Waals surface area contributed by atoms with Gasteiger partial charge in [-0.3, -0.25) is 14.7 Å². The van der Waals surface area contributed by atoms with Crippen molar-refractivity contribution >= 4 is 38.2 Å². The topological polar surface area (TPSA) is 107 Å². The molecule has 0 saturated carbocycles. The zero-order valence-corrected chi connectivity index (χ0v) is 26.1. The first-order chi connectivity index (χ1) is 20.7. The van der Waals surface area contributed by atoms with Crippen molar-refractivity contribution in [2.75, 3.05) is 32.5 Å². The van der Waals surface area contributed by atoms with E-state index in [0.29, 0.717) is 64.7 Å². The Balaban J connectivity index is 1.51. The number of amidine groups is 1. The van der Waals surface area contributed by atoms with Crippen molar-refractivity contribution in [2.24, 2.45) is 10.9 Å². The number of nitrogens with two attached hydrogens (primary N) is 1. The lowest BCUT2D eigenvalue weighted by Gasteiger charge is -2.31. The number of rotatable bonds is 6. The largest absolute Gasteiger partial charge is 0.389 e. The summed E-state index contributed by atoms with van der Waals surface area (Å²) in [5.41, 5.74) is 12.3. The molecule has 3 aliphatic rings. The average Bonchev–Trinajstić information content (AvgIpc) is 3.71. The highest BCUT2D eigenvalue weighted by Crippen LogP contribution is 2.45. The third-order valence-corrected chi connectivity index (χ3v) is 10.6. The van der Waals surface area contributed by atoms with Crippen LogP contribution in [-0.2, 0) is 29.2 Å². The molecular formula is C33H39FN6O2S. The number of aryl methyl sites for hydroxylation is 1. The highest BCUT2D eigenvalue weighted by Gasteiger charge is 2.32. The number of ether oxygens (including phenoxy) is 1. The van der Waals surface area contributed by atoms with Crippen LogP contribution in [0, 0.1) is 23.1 Å². The van der Waals surface area contributed by atoms with E-state index in [4.69, 9.17) is 15.5 Å². The van der Waals surface area contributed by atoms with Gasteiger partial charge in [-0.15, -0.1) is 11.3 Å². The molecule has 8 nitrogen and oxygen atoms in total. The van der Waals surface area contributed by atoms with Gasteiger partial charge in [0.25, 0.3) is 0 Å². The quantitative estimate of drug-likeness (QED) is 0.289. The van der Waals surface area contributed by atoms with Crippen LogP contribution < -0.4 is 11.1 Å². The molecule has 6 rings (SSSR count). The Morgan fingerprint density at radius 3 is 2.77 bits per heavy atom. The highest BCUT2D eigenvalue weighted by molar-refractivity contribution is 7.23. The second kappa shape index (κ2) is 11.9. The predicted octanol–water partition coefficient (Wildman–Crippen LogP) is 5.40. The van der Waals surface area contributed by atoms with Gasteiger partial charge in [0.2, 0.25) is 5.91 Å². The SMILES string of the molecule is CCc1cc(/C(=N\CN2CCC(C)C2C)NC2CCCN(C)C2=O)c2c(c1-c1ccc(F)c3sc(N)c(C#N)c13)COC2. The second-order valence-electron chi connectivity index (χ2n) is 12.1. The van der Waals surface area contributed by atoms with E-state index in [2.05, 4.69) is 43.1 Å². The van der Waals surface area contributed by atoms with Gasteiger partial charge in [0.1, 0.15) is 28.8 Å². The highest BCUT2D eigenvalue weighted by atomic mass is 32.1. The average molecular weight is 603 g/mol. The number of hydrogen-bond donors (Lipinski definition) is 2. The van der Waals surface area contributed by atoms with E-state index in [9.17, 15) is 14.4 Å². The summed E-state index contributed by atoms with van der Waals surface area (Å²) in [6, 6.07) is 7.67. The molecular weight excluding hydrogens is 563 g/mol. The lowest BCUT2D eigenvalue weighted by molar-refractivity contribution is -0.133. The van der Waals surface area contributed by atoms with Crippen LogP contribution in [0.15, 0.2) is 23.2 Å².